The standard InChI is InChI=1S/C12H17BrN2O2S/c13-11-6-1-2-7-12(11)18(16,17)15-10-5-3-4-8-14-9-10/h1-2,6-7,10,14-15H,3-5,8-9H2. The van der Waals surface area contributed by atoms with E-state index >= 15 is 0 Å². The second kappa shape index (κ2) is 6.14. The summed E-state index contributed by atoms with van der Waals surface area (Å²) in [5, 5.41) is 3.25. The van der Waals surface area contributed by atoms with Gasteiger partial charge in [-0.05, 0) is 47.4 Å². The van der Waals surface area contributed by atoms with Crippen molar-refractivity contribution in [3.63, 3.8) is 0 Å². The van der Waals surface area contributed by atoms with Crippen molar-refractivity contribution >= 4 is 26.0 Å². The summed E-state index contributed by atoms with van der Waals surface area (Å²) < 4.78 is 27.9. The second-order valence-electron chi connectivity index (χ2n) is 4.45. The highest BCUT2D eigenvalue weighted by Crippen LogP contribution is 2.21. The third-order valence-electron chi connectivity index (χ3n) is 2.99. The molecular weight excluding hydrogens is 316 g/mol. The number of rotatable bonds is 3. The number of halogens is 1. The Balaban J connectivity index is 2.14. The number of nitrogens with one attached hydrogen (secondary N) is 2. The smallest absolute Gasteiger partial charge is 0.241 e. The van der Waals surface area contributed by atoms with Gasteiger partial charge < -0.3 is 5.32 Å². The molecule has 1 aliphatic heterocycles. The molecule has 0 aromatic heterocycles. The quantitative estimate of drug-likeness (QED) is 0.888. The zero-order valence-electron chi connectivity index (χ0n) is 10.0. The molecule has 0 aliphatic carbocycles. The minimum atomic E-state index is -3.44. The highest BCUT2D eigenvalue weighted by molar-refractivity contribution is 9.10. The predicted octanol–water partition coefficient (Wildman–Crippen LogP) is 1.87. The van der Waals surface area contributed by atoms with Crippen molar-refractivity contribution in [2.24, 2.45) is 0 Å². The van der Waals surface area contributed by atoms with Crippen LogP contribution in [0, 0.1) is 0 Å². The van der Waals surface area contributed by atoms with E-state index in [2.05, 4.69) is 26.0 Å². The Morgan fingerprint density at radius 1 is 1.28 bits per heavy atom. The maximum Gasteiger partial charge on any atom is 0.241 e. The lowest BCUT2D eigenvalue weighted by atomic mass is 10.2. The molecule has 2 rings (SSSR count). The fourth-order valence-electron chi connectivity index (χ4n) is 2.07. The molecule has 4 nitrogen and oxygen atoms in total. The second-order valence-corrected chi connectivity index (χ2v) is 6.99. The van der Waals surface area contributed by atoms with Gasteiger partial charge in [0.1, 0.15) is 0 Å². The Morgan fingerprint density at radius 3 is 2.83 bits per heavy atom. The van der Waals surface area contributed by atoms with E-state index in [4.69, 9.17) is 0 Å². The summed E-state index contributed by atoms with van der Waals surface area (Å²) in [7, 11) is -3.44. The molecule has 1 unspecified atom stereocenters. The number of sulfonamides is 1. The first-order valence-electron chi connectivity index (χ1n) is 6.07. The van der Waals surface area contributed by atoms with E-state index in [1.54, 1.807) is 24.3 Å². The van der Waals surface area contributed by atoms with Crippen LogP contribution < -0.4 is 10.0 Å². The zero-order chi connectivity index (χ0) is 13.0. The van der Waals surface area contributed by atoms with E-state index in [0.29, 0.717) is 15.9 Å². The Hall–Kier alpha value is -0.430. The monoisotopic (exact) mass is 332 g/mol. The number of hydrogen-bond acceptors (Lipinski definition) is 3. The van der Waals surface area contributed by atoms with Gasteiger partial charge in [0, 0.05) is 17.1 Å². The molecule has 1 saturated heterocycles. The van der Waals surface area contributed by atoms with E-state index in [1.807, 2.05) is 0 Å². The van der Waals surface area contributed by atoms with E-state index in [-0.39, 0.29) is 6.04 Å². The lowest BCUT2D eigenvalue weighted by molar-refractivity contribution is 0.521. The minimum Gasteiger partial charge on any atom is -0.315 e. The van der Waals surface area contributed by atoms with Gasteiger partial charge in [0.15, 0.2) is 0 Å². The molecule has 0 saturated carbocycles. The van der Waals surface area contributed by atoms with E-state index in [9.17, 15) is 8.42 Å². The van der Waals surface area contributed by atoms with E-state index in [0.717, 1.165) is 25.8 Å². The topological polar surface area (TPSA) is 58.2 Å². The lowest BCUT2D eigenvalue weighted by Gasteiger charge is -2.17. The largest absolute Gasteiger partial charge is 0.315 e. The van der Waals surface area contributed by atoms with Gasteiger partial charge in [-0.15, -0.1) is 0 Å². The summed E-state index contributed by atoms with van der Waals surface area (Å²) in [6, 6.07) is 6.85. The van der Waals surface area contributed by atoms with Gasteiger partial charge in [-0.2, -0.15) is 0 Å². The summed E-state index contributed by atoms with van der Waals surface area (Å²) in [5.74, 6) is 0. The van der Waals surface area contributed by atoms with Gasteiger partial charge in [0.25, 0.3) is 0 Å². The normalized spacial score (nSPS) is 21.5. The Kier molecular flexibility index (Phi) is 4.77. The van der Waals surface area contributed by atoms with Gasteiger partial charge in [-0.1, -0.05) is 18.6 Å². The van der Waals surface area contributed by atoms with Crippen molar-refractivity contribution in [2.45, 2.75) is 30.2 Å². The van der Waals surface area contributed by atoms with Gasteiger partial charge in [-0.25, -0.2) is 13.1 Å². The average molecular weight is 333 g/mol. The van der Waals surface area contributed by atoms with Crippen LogP contribution >= 0.6 is 15.9 Å². The van der Waals surface area contributed by atoms with Crippen LogP contribution in [0.3, 0.4) is 0 Å². The third-order valence-corrected chi connectivity index (χ3v) is 5.53. The maximum absolute atomic E-state index is 12.3. The molecular formula is C12H17BrN2O2S. The first-order valence-corrected chi connectivity index (χ1v) is 8.35. The predicted molar refractivity (Wildman–Crippen MR) is 75.0 cm³/mol. The highest BCUT2D eigenvalue weighted by Gasteiger charge is 2.22. The molecule has 1 fully saturated rings. The Labute approximate surface area is 116 Å². The maximum atomic E-state index is 12.3. The summed E-state index contributed by atoms with van der Waals surface area (Å²) in [4.78, 5) is 0.300. The molecule has 1 heterocycles. The molecule has 1 atom stereocenters. The Bertz CT molecular complexity index is 497. The first-order chi connectivity index (χ1) is 8.59. The number of benzene rings is 1. The molecule has 1 aromatic rings. The number of hydrogen-bond donors (Lipinski definition) is 2. The summed E-state index contributed by atoms with van der Waals surface area (Å²) in [6.45, 7) is 1.66. The van der Waals surface area contributed by atoms with Gasteiger partial charge in [-0.3, -0.25) is 0 Å². The molecule has 100 valence electrons. The van der Waals surface area contributed by atoms with E-state index in [1.165, 1.54) is 0 Å². The highest BCUT2D eigenvalue weighted by atomic mass is 79.9. The molecule has 0 radical (unpaired) electrons. The van der Waals surface area contributed by atoms with Crippen LogP contribution in [0.4, 0.5) is 0 Å². The molecule has 0 amide bonds. The molecule has 2 N–H and O–H groups in total. The lowest BCUT2D eigenvalue weighted by Crippen LogP contribution is -2.40. The minimum absolute atomic E-state index is 0.0235. The van der Waals surface area contributed by atoms with Crippen molar-refractivity contribution in [3.05, 3.63) is 28.7 Å². The van der Waals surface area contributed by atoms with Crippen LogP contribution in [-0.2, 0) is 10.0 Å². The fourth-order valence-corrected chi connectivity index (χ4v) is 4.34. The van der Waals surface area contributed by atoms with Crippen LogP contribution in [0.2, 0.25) is 0 Å². The fraction of sp³-hybridized carbons (Fsp3) is 0.500. The van der Waals surface area contributed by atoms with Crippen LogP contribution in [0.25, 0.3) is 0 Å². The molecule has 0 bridgehead atoms. The van der Waals surface area contributed by atoms with Crippen molar-refractivity contribution < 1.29 is 8.42 Å². The van der Waals surface area contributed by atoms with Crippen LogP contribution in [0.15, 0.2) is 33.6 Å². The van der Waals surface area contributed by atoms with Gasteiger partial charge >= 0.3 is 0 Å². The average Bonchev–Trinajstić information content (AvgIpc) is 2.57. The van der Waals surface area contributed by atoms with Crippen molar-refractivity contribution in [1.82, 2.24) is 10.0 Å². The van der Waals surface area contributed by atoms with Gasteiger partial charge in [0.2, 0.25) is 10.0 Å². The molecule has 1 aliphatic rings. The van der Waals surface area contributed by atoms with Crippen LogP contribution in [-0.4, -0.2) is 27.5 Å². The zero-order valence-corrected chi connectivity index (χ0v) is 12.4. The molecule has 1 aromatic carbocycles. The van der Waals surface area contributed by atoms with Gasteiger partial charge in [0.05, 0.1) is 4.90 Å². The van der Waals surface area contributed by atoms with Crippen molar-refractivity contribution in [1.29, 1.82) is 0 Å². The van der Waals surface area contributed by atoms with Crippen LogP contribution in [0.1, 0.15) is 19.3 Å². The summed E-state index contributed by atoms with van der Waals surface area (Å²) >= 11 is 3.28. The first kappa shape index (κ1) is 14.0. The van der Waals surface area contributed by atoms with Crippen molar-refractivity contribution in [3.8, 4) is 0 Å². The molecule has 18 heavy (non-hydrogen) atoms. The van der Waals surface area contributed by atoms with E-state index < -0.39 is 10.0 Å². The summed E-state index contributed by atoms with van der Waals surface area (Å²) in [6.07, 6.45) is 3.04. The third kappa shape index (κ3) is 3.54. The van der Waals surface area contributed by atoms with Crippen molar-refractivity contribution in [2.75, 3.05) is 13.1 Å². The molecule has 0 spiro atoms. The Morgan fingerprint density at radius 2 is 2.06 bits per heavy atom. The van der Waals surface area contributed by atoms with Crippen LogP contribution in [0.5, 0.6) is 0 Å². The molecule has 6 heteroatoms. The summed E-state index contributed by atoms with van der Waals surface area (Å²) in [5.41, 5.74) is 0. The SMILES string of the molecule is O=S(=O)(NC1CCCCNC1)c1ccccc1Br.